The van der Waals surface area contributed by atoms with Crippen LogP contribution >= 0.6 is 15.9 Å². The number of hydrogen-bond acceptors (Lipinski definition) is 3. The summed E-state index contributed by atoms with van der Waals surface area (Å²) in [5.74, 6) is 0. The molecule has 0 unspecified atom stereocenters. The Hall–Kier alpha value is -0.870. The first-order chi connectivity index (χ1) is 7.75. The number of nitrogens with zero attached hydrogens (tertiary/aromatic N) is 2. The highest BCUT2D eigenvalue weighted by atomic mass is 79.9. The van der Waals surface area contributed by atoms with Crippen molar-refractivity contribution in [3.05, 3.63) is 33.8 Å². The van der Waals surface area contributed by atoms with Gasteiger partial charge in [-0.2, -0.15) is 5.10 Å². The molecule has 4 heteroatoms. The maximum absolute atomic E-state index is 5.27. The van der Waals surface area contributed by atoms with E-state index < -0.39 is 0 Å². The maximum atomic E-state index is 5.27. The average molecular weight is 283 g/mol. The van der Waals surface area contributed by atoms with Crippen molar-refractivity contribution in [1.29, 1.82) is 0 Å². The number of benzene rings is 1. The van der Waals surface area contributed by atoms with Gasteiger partial charge in [0, 0.05) is 10.0 Å². The molecule has 0 atom stereocenters. The lowest BCUT2D eigenvalue weighted by Gasteiger charge is -2.23. The van der Waals surface area contributed by atoms with Crippen LogP contribution in [0.25, 0.3) is 0 Å². The molecule has 0 aromatic heterocycles. The van der Waals surface area contributed by atoms with Crippen molar-refractivity contribution >= 4 is 22.1 Å². The molecule has 0 amide bonds. The van der Waals surface area contributed by atoms with E-state index in [-0.39, 0.29) is 0 Å². The largest absolute Gasteiger partial charge is 0.378 e. The number of aryl methyl sites for hydroxylation is 1. The van der Waals surface area contributed by atoms with E-state index >= 15 is 0 Å². The monoisotopic (exact) mass is 282 g/mol. The number of hydrazone groups is 1. The lowest BCUT2D eigenvalue weighted by Crippen LogP contribution is -2.32. The van der Waals surface area contributed by atoms with E-state index in [9.17, 15) is 0 Å². The summed E-state index contributed by atoms with van der Waals surface area (Å²) in [6.45, 7) is 5.37. The van der Waals surface area contributed by atoms with Gasteiger partial charge in [0.2, 0.25) is 0 Å². The lowest BCUT2D eigenvalue weighted by molar-refractivity contribution is 0.0397. The summed E-state index contributed by atoms with van der Waals surface area (Å²) in [7, 11) is 0. The van der Waals surface area contributed by atoms with Gasteiger partial charge in [-0.05, 0) is 18.6 Å². The minimum Gasteiger partial charge on any atom is -0.378 e. The molecule has 1 aromatic carbocycles. The zero-order valence-electron chi connectivity index (χ0n) is 9.32. The fourth-order valence-electron chi connectivity index (χ4n) is 1.55. The van der Waals surface area contributed by atoms with Crippen LogP contribution in [0.3, 0.4) is 0 Å². The van der Waals surface area contributed by atoms with Crippen LogP contribution in [0.5, 0.6) is 0 Å². The molecule has 86 valence electrons. The molecule has 16 heavy (non-hydrogen) atoms. The molecule has 3 nitrogen and oxygen atoms in total. The first-order valence-electron chi connectivity index (χ1n) is 5.38. The maximum Gasteiger partial charge on any atom is 0.0659 e. The van der Waals surface area contributed by atoms with Gasteiger partial charge in [-0.1, -0.05) is 28.1 Å². The molecule has 1 saturated heterocycles. The predicted octanol–water partition coefficient (Wildman–Crippen LogP) is 2.42. The number of halogens is 1. The van der Waals surface area contributed by atoms with E-state index in [1.54, 1.807) is 0 Å². The van der Waals surface area contributed by atoms with Gasteiger partial charge in [0.15, 0.2) is 0 Å². The second kappa shape index (κ2) is 5.46. The van der Waals surface area contributed by atoms with Crippen LogP contribution in [0.4, 0.5) is 0 Å². The van der Waals surface area contributed by atoms with Crippen molar-refractivity contribution in [3.8, 4) is 0 Å². The molecule has 0 saturated carbocycles. The summed E-state index contributed by atoms with van der Waals surface area (Å²) in [5.41, 5.74) is 2.35. The first kappa shape index (κ1) is 11.6. The SMILES string of the molecule is Cc1ccc(C=NN2CCOCC2)c(Br)c1. The molecule has 0 bridgehead atoms. The van der Waals surface area contributed by atoms with Gasteiger partial charge in [-0.15, -0.1) is 0 Å². The Morgan fingerprint density at radius 1 is 1.38 bits per heavy atom. The lowest BCUT2D eigenvalue weighted by atomic mass is 10.2. The molecule has 1 fully saturated rings. The van der Waals surface area contributed by atoms with Crippen LogP contribution in [0.2, 0.25) is 0 Å². The molecule has 0 radical (unpaired) electrons. The van der Waals surface area contributed by atoms with Gasteiger partial charge in [-0.25, -0.2) is 0 Å². The summed E-state index contributed by atoms with van der Waals surface area (Å²) in [6, 6.07) is 6.26. The fraction of sp³-hybridized carbons (Fsp3) is 0.417. The average Bonchev–Trinajstić information content (AvgIpc) is 2.29. The van der Waals surface area contributed by atoms with E-state index in [4.69, 9.17) is 4.74 Å². The second-order valence-corrected chi connectivity index (χ2v) is 4.69. The zero-order valence-corrected chi connectivity index (χ0v) is 10.9. The van der Waals surface area contributed by atoms with Gasteiger partial charge in [0.25, 0.3) is 0 Å². The Kier molecular flexibility index (Phi) is 3.96. The first-order valence-corrected chi connectivity index (χ1v) is 6.18. The van der Waals surface area contributed by atoms with Crippen molar-refractivity contribution in [2.45, 2.75) is 6.92 Å². The van der Waals surface area contributed by atoms with Gasteiger partial charge < -0.3 is 4.74 Å². The molecule has 1 aliphatic rings. The molecule has 2 rings (SSSR count). The highest BCUT2D eigenvalue weighted by molar-refractivity contribution is 9.10. The summed E-state index contributed by atoms with van der Waals surface area (Å²) < 4.78 is 6.35. The normalized spacial score (nSPS) is 17.0. The number of rotatable bonds is 2. The molecule has 1 aliphatic heterocycles. The Bertz CT molecular complexity index is 387. The van der Waals surface area contributed by atoms with E-state index in [2.05, 4.69) is 46.2 Å². The van der Waals surface area contributed by atoms with E-state index in [0.717, 1.165) is 36.3 Å². The summed E-state index contributed by atoms with van der Waals surface area (Å²) in [5, 5.41) is 6.48. The molecule has 1 aromatic rings. The molecular formula is C12H15BrN2O. The second-order valence-electron chi connectivity index (χ2n) is 3.84. The number of morpholine rings is 1. The predicted molar refractivity (Wildman–Crippen MR) is 68.9 cm³/mol. The van der Waals surface area contributed by atoms with Crippen LogP contribution in [0, 0.1) is 6.92 Å². The van der Waals surface area contributed by atoms with Crippen molar-refractivity contribution in [3.63, 3.8) is 0 Å². The van der Waals surface area contributed by atoms with Crippen molar-refractivity contribution in [2.75, 3.05) is 26.3 Å². The fourth-order valence-corrected chi connectivity index (χ4v) is 2.15. The Labute approximate surface area is 104 Å². The summed E-state index contributed by atoms with van der Waals surface area (Å²) >= 11 is 3.54. The van der Waals surface area contributed by atoms with Gasteiger partial charge in [-0.3, -0.25) is 5.01 Å². The van der Waals surface area contributed by atoms with E-state index in [1.165, 1.54) is 5.56 Å². The van der Waals surface area contributed by atoms with Crippen LogP contribution in [0.1, 0.15) is 11.1 Å². The third kappa shape index (κ3) is 3.06. The van der Waals surface area contributed by atoms with Gasteiger partial charge >= 0.3 is 0 Å². The van der Waals surface area contributed by atoms with E-state index in [1.807, 2.05) is 11.2 Å². The highest BCUT2D eigenvalue weighted by Gasteiger charge is 2.06. The van der Waals surface area contributed by atoms with Crippen LogP contribution in [0.15, 0.2) is 27.8 Å². The van der Waals surface area contributed by atoms with Crippen LogP contribution in [-0.4, -0.2) is 37.5 Å². The Morgan fingerprint density at radius 2 is 2.12 bits per heavy atom. The Balaban J connectivity index is 2.04. The third-order valence-corrected chi connectivity index (χ3v) is 3.19. The highest BCUT2D eigenvalue weighted by Crippen LogP contribution is 2.16. The van der Waals surface area contributed by atoms with Gasteiger partial charge in [0.1, 0.15) is 0 Å². The van der Waals surface area contributed by atoms with Crippen LogP contribution < -0.4 is 0 Å². The standard InChI is InChI=1S/C12H15BrN2O/c1-10-2-3-11(12(13)8-10)9-14-15-4-6-16-7-5-15/h2-3,8-9H,4-7H2,1H3. The molecular weight excluding hydrogens is 268 g/mol. The topological polar surface area (TPSA) is 24.8 Å². The minimum absolute atomic E-state index is 0.770. The van der Waals surface area contributed by atoms with Gasteiger partial charge in [0.05, 0.1) is 32.5 Å². The smallest absolute Gasteiger partial charge is 0.0659 e. The van der Waals surface area contributed by atoms with Crippen molar-refractivity contribution < 1.29 is 4.74 Å². The van der Waals surface area contributed by atoms with Crippen molar-refractivity contribution in [2.24, 2.45) is 5.10 Å². The molecule has 0 N–H and O–H groups in total. The molecule has 0 aliphatic carbocycles. The van der Waals surface area contributed by atoms with Crippen molar-refractivity contribution in [1.82, 2.24) is 5.01 Å². The molecule has 1 heterocycles. The minimum atomic E-state index is 0.770. The summed E-state index contributed by atoms with van der Waals surface area (Å²) in [6.07, 6.45) is 1.90. The summed E-state index contributed by atoms with van der Waals surface area (Å²) in [4.78, 5) is 0. The third-order valence-electron chi connectivity index (χ3n) is 2.50. The molecule has 0 spiro atoms. The quantitative estimate of drug-likeness (QED) is 0.779. The van der Waals surface area contributed by atoms with Crippen LogP contribution in [-0.2, 0) is 4.74 Å². The van der Waals surface area contributed by atoms with E-state index in [0.29, 0.717) is 0 Å². The Morgan fingerprint density at radius 3 is 2.81 bits per heavy atom. The zero-order chi connectivity index (χ0) is 11.4. The number of hydrogen-bond donors (Lipinski definition) is 0. The number of ether oxygens (including phenoxy) is 1.